The molecular formula is C20H23N5O2. The molecule has 3 aromatic rings. The van der Waals surface area contributed by atoms with E-state index in [0.29, 0.717) is 11.6 Å². The first-order valence-electron chi connectivity index (χ1n) is 9.05. The number of aryl methyl sites for hydroxylation is 1. The number of phenolic OH excluding ortho intramolecular Hbond substituents is 1. The molecule has 1 saturated heterocycles. The molecule has 0 saturated carbocycles. The van der Waals surface area contributed by atoms with Crippen LogP contribution < -0.4 is 15.5 Å². The van der Waals surface area contributed by atoms with Gasteiger partial charge in [-0.3, -0.25) is 4.57 Å². The van der Waals surface area contributed by atoms with E-state index in [0.717, 1.165) is 43.2 Å². The van der Waals surface area contributed by atoms with E-state index in [2.05, 4.69) is 14.9 Å². The van der Waals surface area contributed by atoms with Gasteiger partial charge in [0.2, 0.25) is 0 Å². The van der Waals surface area contributed by atoms with Crippen LogP contribution in [0.1, 0.15) is 5.82 Å². The van der Waals surface area contributed by atoms with E-state index in [4.69, 9.17) is 0 Å². The molecule has 7 heteroatoms. The van der Waals surface area contributed by atoms with Crippen molar-refractivity contribution in [3.05, 3.63) is 64.8 Å². The van der Waals surface area contributed by atoms with Gasteiger partial charge < -0.3 is 14.9 Å². The standard InChI is InChI=1S/C20H23N5O2/c1-15-21-25(20(27)22(15)2)18-5-3-16(4-6-18)23-11-13-24(14-12-23)17-7-9-19(26)10-8-17/h3-10,26H,11-14H2,1-2H3. The Balaban J connectivity index is 1.45. The predicted molar refractivity (Wildman–Crippen MR) is 106 cm³/mol. The number of anilines is 2. The van der Waals surface area contributed by atoms with Gasteiger partial charge in [-0.2, -0.15) is 9.78 Å². The van der Waals surface area contributed by atoms with Gasteiger partial charge in [0.25, 0.3) is 0 Å². The molecule has 1 fully saturated rings. The lowest BCUT2D eigenvalue weighted by Crippen LogP contribution is -2.46. The van der Waals surface area contributed by atoms with Crippen LogP contribution in [0, 0.1) is 6.92 Å². The second-order valence-electron chi connectivity index (χ2n) is 6.81. The summed E-state index contributed by atoms with van der Waals surface area (Å²) in [5.74, 6) is 0.981. The lowest BCUT2D eigenvalue weighted by molar-refractivity contribution is 0.475. The molecule has 1 aliphatic heterocycles. The molecule has 0 amide bonds. The number of nitrogens with zero attached hydrogens (tertiary/aromatic N) is 5. The minimum Gasteiger partial charge on any atom is -0.508 e. The molecular weight excluding hydrogens is 342 g/mol. The van der Waals surface area contributed by atoms with Crippen molar-refractivity contribution in [3.63, 3.8) is 0 Å². The number of aromatic nitrogens is 3. The number of hydrogen-bond acceptors (Lipinski definition) is 5. The van der Waals surface area contributed by atoms with E-state index in [1.165, 1.54) is 9.25 Å². The van der Waals surface area contributed by atoms with E-state index in [9.17, 15) is 9.90 Å². The molecule has 4 rings (SSSR count). The first kappa shape index (κ1) is 17.2. The molecule has 7 nitrogen and oxygen atoms in total. The first-order chi connectivity index (χ1) is 13.0. The van der Waals surface area contributed by atoms with Crippen molar-refractivity contribution in [3.8, 4) is 11.4 Å². The quantitative estimate of drug-likeness (QED) is 0.768. The van der Waals surface area contributed by atoms with Gasteiger partial charge in [-0.1, -0.05) is 0 Å². The van der Waals surface area contributed by atoms with Gasteiger partial charge in [-0.05, 0) is 55.5 Å². The third-order valence-corrected chi connectivity index (χ3v) is 5.15. The van der Waals surface area contributed by atoms with E-state index >= 15 is 0 Å². The predicted octanol–water partition coefficient (Wildman–Crippen LogP) is 1.91. The fourth-order valence-corrected chi connectivity index (χ4v) is 3.39. The highest BCUT2D eigenvalue weighted by Gasteiger charge is 2.18. The molecule has 0 spiro atoms. The third kappa shape index (κ3) is 3.28. The summed E-state index contributed by atoms with van der Waals surface area (Å²) in [6, 6.07) is 15.3. The molecule has 0 radical (unpaired) electrons. The van der Waals surface area contributed by atoms with E-state index < -0.39 is 0 Å². The summed E-state index contributed by atoms with van der Waals surface area (Å²) >= 11 is 0. The average molecular weight is 365 g/mol. The van der Waals surface area contributed by atoms with Gasteiger partial charge in [0.05, 0.1) is 5.69 Å². The Hall–Kier alpha value is -3.22. The fraction of sp³-hybridized carbons (Fsp3) is 0.300. The smallest absolute Gasteiger partial charge is 0.350 e. The molecule has 140 valence electrons. The normalized spacial score (nSPS) is 14.6. The summed E-state index contributed by atoms with van der Waals surface area (Å²) in [4.78, 5) is 16.9. The average Bonchev–Trinajstić information content (AvgIpc) is 2.96. The van der Waals surface area contributed by atoms with Gasteiger partial charge in [0.1, 0.15) is 11.6 Å². The second kappa shape index (κ2) is 6.83. The van der Waals surface area contributed by atoms with Crippen molar-refractivity contribution < 1.29 is 5.11 Å². The summed E-state index contributed by atoms with van der Waals surface area (Å²) < 4.78 is 2.97. The fourth-order valence-electron chi connectivity index (χ4n) is 3.39. The number of rotatable bonds is 3. The summed E-state index contributed by atoms with van der Waals surface area (Å²) in [5.41, 5.74) is 2.91. The maximum atomic E-state index is 12.2. The molecule has 0 bridgehead atoms. The second-order valence-corrected chi connectivity index (χ2v) is 6.81. The molecule has 0 atom stereocenters. The van der Waals surface area contributed by atoms with Crippen LogP contribution in [0.5, 0.6) is 5.75 Å². The summed E-state index contributed by atoms with van der Waals surface area (Å²) in [5, 5.41) is 13.7. The molecule has 2 aromatic carbocycles. The van der Waals surface area contributed by atoms with Crippen molar-refractivity contribution in [1.82, 2.24) is 14.3 Å². The van der Waals surface area contributed by atoms with Crippen molar-refractivity contribution >= 4 is 11.4 Å². The number of aromatic hydroxyl groups is 1. The Kier molecular flexibility index (Phi) is 4.35. The zero-order valence-electron chi connectivity index (χ0n) is 15.5. The molecule has 1 aliphatic rings. The van der Waals surface area contributed by atoms with Crippen LogP contribution in [0.25, 0.3) is 5.69 Å². The Morgan fingerprint density at radius 2 is 1.26 bits per heavy atom. The zero-order chi connectivity index (χ0) is 19.0. The van der Waals surface area contributed by atoms with Gasteiger partial charge in [-0.15, -0.1) is 0 Å². The molecule has 0 aliphatic carbocycles. The lowest BCUT2D eigenvalue weighted by atomic mass is 10.2. The van der Waals surface area contributed by atoms with Crippen LogP contribution in [0.3, 0.4) is 0 Å². The highest BCUT2D eigenvalue weighted by Crippen LogP contribution is 2.23. The SMILES string of the molecule is Cc1nn(-c2ccc(N3CCN(c4ccc(O)cc4)CC3)cc2)c(=O)n1C. The van der Waals surface area contributed by atoms with Crippen molar-refractivity contribution in [2.24, 2.45) is 7.05 Å². The molecule has 1 aromatic heterocycles. The van der Waals surface area contributed by atoms with Crippen LogP contribution in [0.2, 0.25) is 0 Å². The third-order valence-electron chi connectivity index (χ3n) is 5.15. The maximum absolute atomic E-state index is 12.2. The van der Waals surface area contributed by atoms with Crippen LogP contribution in [0.15, 0.2) is 53.3 Å². The Morgan fingerprint density at radius 3 is 1.70 bits per heavy atom. The highest BCUT2D eigenvalue weighted by atomic mass is 16.3. The number of piperazine rings is 1. The van der Waals surface area contributed by atoms with E-state index in [1.54, 1.807) is 19.2 Å². The minimum absolute atomic E-state index is 0.136. The Morgan fingerprint density at radius 1 is 0.815 bits per heavy atom. The van der Waals surface area contributed by atoms with Gasteiger partial charge in [0.15, 0.2) is 0 Å². The Labute approximate surface area is 157 Å². The van der Waals surface area contributed by atoms with E-state index in [-0.39, 0.29) is 5.69 Å². The van der Waals surface area contributed by atoms with Gasteiger partial charge in [0, 0.05) is 44.6 Å². The lowest BCUT2D eigenvalue weighted by Gasteiger charge is -2.37. The van der Waals surface area contributed by atoms with Crippen molar-refractivity contribution in [2.45, 2.75) is 6.92 Å². The minimum atomic E-state index is -0.136. The summed E-state index contributed by atoms with van der Waals surface area (Å²) in [6.45, 7) is 5.50. The molecule has 0 unspecified atom stereocenters. The number of phenols is 1. The van der Waals surface area contributed by atoms with Crippen LogP contribution in [0.4, 0.5) is 11.4 Å². The highest BCUT2D eigenvalue weighted by molar-refractivity contribution is 5.54. The van der Waals surface area contributed by atoms with E-state index in [1.807, 2.05) is 43.3 Å². The zero-order valence-corrected chi connectivity index (χ0v) is 15.5. The topological polar surface area (TPSA) is 66.5 Å². The monoisotopic (exact) mass is 365 g/mol. The molecule has 1 N–H and O–H groups in total. The van der Waals surface area contributed by atoms with Crippen LogP contribution in [-0.4, -0.2) is 45.6 Å². The van der Waals surface area contributed by atoms with Gasteiger partial charge >= 0.3 is 5.69 Å². The number of benzene rings is 2. The van der Waals surface area contributed by atoms with Crippen LogP contribution >= 0.6 is 0 Å². The van der Waals surface area contributed by atoms with Crippen LogP contribution in [-0.2, 0) is 7.05 Å². The molecule has 27 heavy (non-hydrogen) atoms. The molecule has 2 heterocycles. The summed E-state index contributed by atoms with van der Waals surface area (Å²) in [7, 11) is 1.73. The largest absolute Gasteiger partial charge is 0.508 e. The first-order valence-corrected chi connectivity index (χ1v) is 9.05. The maximum Gasteiger partial charge on any atom is 0.350 e. The van der Waals surface area contributed by atoms with Crippen molar-refractivity contribution in [2.75, 3.05) is 36.0 Å². The Bertz CT molecular complexity index is 981. The number of hydrogen-bond donors (Lipinski definition) is 1. The van der Waals surface area contributed by atoms with Gasteiger partial charge in [-0.25, -0.2) is 4.79 Å². The van der Waals surface area contributed by atoms with Crippen molar-refractivity contribution in [1.29, 1.82) is 0 Å². The summed E-state index contributed by atoms with van der Waals surface area (Å²) in [6.07, 6.45) is 0.